The van der Waals surface area contributed by atoms with Gasteiger partial charge in [0.25, 0.3) is 0 Å². The van der Waals surface area contributed by atoms with Crippen molar-refractivity contribution in [3.8, 4) is 0 Å². The SMILES string of the molecule is CC(=O)c1cc(Br)ccc1SC1C=C(Br)C=CC1. The highest BCUT2D eigenvalue weighted by atomic mass is 79.9. The second-order valence-electron chi connectivity index (χ2n) is 4.04. The first-order chi connectivity index (χ1) is 8.56. The van der Waals surface area contributed by atoms with Gasteiger partial charge in [-0.3, -0.25) is 4.79 Å². The Balaban J connectivity index is 2.24. The number of ketones is 1. The summed E-state index contributed by atoms with van der Waals surface area (Å²) in [5.74, 6) is 0.105. The first-order valence-electron chi connectivity index (χ1n) is 5.57. The van der Waals surface area contributed by atoms with Crippen LogP contribution >= 0.6 is 43.6 Å². The summed E-state index contributed by atoms with van der Waals surface area (Å²) in [6.45, 7) is 1.61. The average molecular weight is 388 g/mol. The molecular weight excluding hydrogens is 376 g/mol. The standard InChI is InChI=1S/C14H12Br2OS/c1-9(17)13-8-11(16)5-6-14(13)18-12-4-2-3-10(15)7-12/h2-3,5-8,12H,4H2,1H3. The Bertz CT molecular complexity index is 535. The van der Waals surface area contributed by atoms with E-state index in [-0.39, 0.29) is 5.78 Å². The summed E-state index contributed by atoms with van der Waals surface area (Å²) in [5.41, 5.74) is 0.786. The van der Waals surface area contributed by atoms with Crippen molar-refractivity contribution in [1.82, 2.24) is 0 Å². The summed E-state index contributed by atoms with van der Waals surface area (Å²) >= 11 is 8.63. The molecule has 1 aromatic carbocycles. The van der Waals surface area contributed by atoms with Gasteiger partial charge in [0.05, 0.1) is 0 Å². The molecule has 1 atom stereocenters. The number of carbonyl (C=O) groups excluding carboxylic acids is 1. The molecule has 0 amide bonds. The molecule has 94 valence electrons. The second-order valence-corrected chi connectivity index (χ2v) is 7.15. The summed E-state index contributed by atoms with van der Waals surface area (Å²) < 4.78 is 2.05. The lowest BCUT2D eigenvalue weighted by molar-refractivity contribution is 0.101. The van der Waals surface area contributed by atoms with E-state index in [9.17, 15) is 4.79 Å². The first kappa shape index (κ1) is 14.1. The van der Waals surface area contributed by atoms with Gasteiger partial charge < -0.3 is 0 Å². The summed E-state index contributed by atoms with van der Waals surface area (Å²) in [4.78, 5) is 12.7. The number of Topliss-reactive ketones (excluding diaryl/α,β-unsaturated/α-hetero) is 1. The zero-order valence-corrected chi connectivity index (χ0v) is 13.8. The van der Waals surface area contributed by atoms with Gasteiger partial charge in [0.15, 0.2) is 5.78 Å². The van der Waals surface area contributed by atoms with Gasteiger partial charge in [-0.1, -0.05) is 50.1 Å². The van der Waals surface area contributed by atoms with Gasteiger partial charge in [-0.15, -0.1) is 11.8 Å². The van der Waals surface area contributed by atoms with Crippen LogP contribution in [0.25, 0.3) is 0 Å². The second kappa shape index (κ2) is 6.22. The highest BCUT2D eigenvalue weighted by molar-refractivity contribution is 9.12. The van der Waals surface area contributed by atoms with Crippen LogP contribution in [0.2, 0.25) is 0 Å². The van der Waals surface area contributed by atoms with Crippen molar-refractivity contribution < 1.29 is 4.79 Å². The van der Waals surface area contributed by atoms with Crippen molar-refractivity contribution in [2.24, 2.45) is 0 Å². The number of rotatable bonds is 3. The number of thioether (sulfide) groups is 1. The van der Waals surface area contributed by atoms with E-state index in [4.69, 9.17) is 0 Å². The zero-order chi connectivity index (χ0) is 13.1. The normalized spacial score (nSPS) is 18.6. The largest absolute Gasteiger partial charge is 0.294 e. The van der Waals surface area contributed by atoms with Crippen molar-refractivity contribution in [3.63, 3.8) is 0 Å². The molecule has 0 spiro atoms. The fourth-order valence-corrected chi connectivity index (χ4v) is 4.01. The third-order valence-corrected chi connectivity index (χ3v) is 4.85. The topological polar surface area (TPSA) is 17.1 Å². The van der Waals surface area contributed by atoms with Crippen LogP contribution in [0.4, 0.5) is 0 Å². The van der Waals surface area contributed by atoms with Crippen LogP contribution in [0.15, 0.2) is 50.3 Å². The fraction of sp³-hybridized carbons (Fsp3) is 0.214. The monoisotopic (exact) mass is 386 g/mol. The third kappa shape index (κ3) is 3.59. The number of hydrogen-bond acceptors (Lipinski definition) is 2. The van der Waals surface area contributed by atoms with Crippen molar-refractivity contribution >= 4 is 49.4 Å². The molecule has 0 fully saturated rings. The molecular formula is C14H12Br2OS. The Hall–Kier alpha value is -0.320. The zero-order valence-electron chi connectivity index (χ0n) is 9.82. The van der Waals surface area contributed by atoms with Crippen LogP contribution in [-0.4, -0.2) is 11.0 Å². The highest BCUT2D eigenvalue weighted by Gasteiger charge is 2.14. The third-order valence-electron chi connectivity index (χ3n) is 2.59. The molecule has 0 saturated heterocycles. The molecule has 1 aliphatic rings. The Labute approximate surface area is 128 Å². The van der Waals surface area contributed by atoms with Crippen molar-refractivity contribution in [1.29, 1.82) is 0 Å². The van der Waals surface area contributed by atoms with E-state index in [1.54, 1.807) is 18.7 Å². The Kier molecular flexibility index (Phi) is 4.87. The van der Waals surface area contributed by atoms with Crippen molar-refractivity contribution in [3.05, 3.63) is 50.9 Å². The number of hydrogen-bond donors (Lipinski definition) is 0. The lowest BCUT2D eigenvalue weighted by Crippen LogP contribution is -2.03. The minimum Gasteiger partial charge on any atom is -0.294 e. The Morgan fingerprint density at radius 2 is 2.17 bits per heavy atom. The molecule has 18 heavy (non-hydrogen) atoms. The van der Waals surface area contributed by atoms with Crippen LogP contribution in [0.1, 0.15) is 23.7 Å². The van der Waals surface area contributed by atoms with E-state index in [1.165, 1.54) is 0 Å². The smallest absolute Gasteiger partial charge is 0.160 e. The minimum atomic E-state index is 0.105. The van der Waals surface area contributed by atoms with E-state index in [0.717, 1.165) is 25.8 Å². The molecule has 1 aromatic rings. The molecule has 0 radical (unpaired) electrons. The van der Waals surface area contributed by atoms with E-state index in [0.29, 0.717) is 5.25 Å². The van der Waals surface area contributed by atoms with Crippen LogP contribution in [-0.2, 0) is 0 Å². The van der Waals surface area contributed by atoms with Crippen LogP contribution < -0.4 is 0 Å². The molecule has 1 unspecified atom stereocenters. The van der Waals surface area contributed by atoms with Crippen LogP contribution in [0.5, 0.6) is 0 Å². The van der Waals surface area contributed by atoms with E-state index < -0.39 is 0 Å². The average Bonchev–Trinajstić information content (AvgIpc) is 2.31. The molecule has 0 saturated carbocycles. The number of carbonyl (C=O) groups is 1. The summed E-state index contributed by atoms with van der Waals surface area (Å²) in [6, 6.07) is 5.87. The number of benzene rings is 1. The van der Waals surface area contributed by atoms with Crippen molar-refractivity contribution in [2.45, 2.75) is 23.5 Å². The lowest BCUT2D eigenvalue weighted by atomic mass is 10.1. The fourth-order valence-electron chi connectivity index (χ4n) is 1.74. The van der Waals surface area contributed by atoms with Crippen molar-refractivity contribution in [2.75, 3.05) is 0 Å². The minimum absolute atomic E-state index is 0.105. The molecule has 2 rings (SSSR count). The Morgan fingerprint density at radius 1 is 1.39 bits per heavy atom. The highest BCUT2D eigenvalue weighted by Crippen LogP contribution is 2.34. The van der Waals surface area contributed by atoms with E-state index >= 15 is 0 Å². The molecule has 0 bridgehead atoms. The summed E-state index contributed by atoms with van der Waals surface area (Å²) in [7, 11) is 0. The predicted octanol–water partition coefficient (Wildman–Crippen LogP) is 5.35. The molecule has 0 heterocycles. The van der Waals surface area contributed by atoms with Crippen LogP contribution in [0, 0.1) is 0 Å². The molecule has 1 nitrogen and oxygen atoms in total. The van der Waals surface area contributed by atoms with Gasteiger partial charge in [0.2, 0.25) is 0 Å². The van der Waals surface area contributed by atoms with Gasteiger partial charge in [0.1, 0.15) is 0 Å². The maximum Gasteiger partial charge on any atom is 0.160 e. The van der Waals surface area contributed by atoms with Gasteiger partial charge in [-0.25, -0.2) is 0 Å². The van der Waals surface area contributed by atoms with Gasteiger partial charge >= 0.3 is 0 Å². The molecule has 0 aliphatic heterocycles. The van der Waals surface area contributed by atoms with Gasteiger partial charge in [-0.05, 0) is 31.5 Å². The van der Waals surface area contributed by atoms with E-state index in [1.807, 2.05) is 18.2 Å². The maximum atomic E-state index is 11.7. The Morgan fingerprint density at radius 3 is 2.83 bits per heavy atom. The summed E-state index contributed by atoms with van der Waals surface area (Å²) in [5, 5.41) is 0.378. The molecule has 1 aliphatic carbocycles. The first-order valence-corrected chi connectivity index (χ1v) is 8.04. The number of allylic oxidation sites excluding steroid dienone is 3. The number of halogens is 2. The van der Waals surface area contributed by atoms with Gasteiger partial charge in [-0.2, -0.15) is 0 Å². The molecule has 0 N–H and O–H groups in total. The quantitative estimate of drug-likeness (QED) is 0.650. The molecule has 4 heteroatoms. The van der Waals surface area contributed by atoms with Gasteiger partial charge in [0, 0.05) is 24.7 Å². The van der Waals surface area contributed by atoms with E-state index in [2.05, 4.69) is 50.1 Å². The summed E-state index contributed by atoms with van der Waals surface area (Å²) in [6.07, 6.45) is 7.38. The lowest BCUT2D eigenvalue weighted by Gasteiger charge is -2.16. The maximum absolute atomic E-state index is 11.7. The predicted molar refractivity (Wildman–Crippen MR) is 84.6 cm³/mol. The molecule has 0 aromatic heterocycles. The van der Waals surface area contributed by atoms with Crippen LogP contribution in [0.3, 0.4) is 0 Å².